The second-order valence-electron chi connectivity index (χ2n) is 4.17. The Hall–Kier alpha value is -1.84. The zero-order valence-electron chi connectivity index (χ0n) is 10.4. The molecule has 0 saturated carbocycles. The molecule has 0 heterocycles. The first-order valence-corrected chi connectivity index (χ1v) is 5.25. The molecule has 4 heteroatoms. The highest BCUT2D eigenvalue weighted by Gasteiger charge is 2.31. The monoisotopic (exact) mass is 236 g/mol. The van der Waals surface area contributed by atoms with Crippen LogP contribution in [-0.4, -0.2) is 24.5 Å². The highest BCUT2D eigenvalue weighted by atomic mass is 16.6. The molecule has 0 fully saturated rings. The van der Waals surface area contributed by atoms with Crippen LogP contribution in [0.2, 0.25) is 0 Å². The summed E-state index contributed by atoms with van der Waals surface area (Å²) in [7, 11) is 1.53. The van der Waals surface area contributed by atoms with E-state index in [1.807, 2.05) is 0 Å². The lowest BCUT2D eigenvalue weighted by Crippen LogP contribution is -2.36. The van der Waals surface area contributed by atoms with Crippen LogP contribution < -0.4 is 4.74 Å². The molecule has 0 amide bonds. The quantitative estimate of drug-likeness (QED) is 0.594. The van der Waals surface area contributed by atoms with Gasteiger partial charge in [-0.2, -0.15) is 0 Å². The van der Waals surface area contributed by atoms with E-state index in [0.29, 0.717) is 11.3 Å². The molecule has 1 rings (SSSR count). The van der Waals surface area contributed by atoms with E-state index in [0.717, 1.165) is 0 Å². The predicted molar refractivity (Wildman–Crippen MR) is 63.2 cm³/mol. The predicted octanol–water partition coefficient (Wildman–Crippen LogP) is 2.22. The van der Waals surface area contributed by atoms with Gasteiger partial charge in [0.25, 0.3) is 0 Å². The number of carbonyl (C=O) groups is 2. The zero-order chi connectivity index (χ0) is 13.1. The molecule has 0 bridgehead atoms. The van der Waals surface area contributed by atoms with Gasteiger partial charge in [0, 0.05) is 12.5 Å². The molecule has 0 spiro atoms. The van der Waals surface area contributed by atoms with E-state index in [2.05, 4.69) is 0 Å². The first-order chi connectivity index (χ1) is 7.86. The van der Waals surface area contributed by atoms with E-state index in [1.54, 1.807) is 38.1 Å². The molecule has 0 atom stereocenters. The summed E-state index contributed by atoms with van der Waals surface area (Å²) in [5.74, 6) is -0.146. The summed E-state index contributed by atoms with van der Waals surface area (Å²) >= 11 is 0. The number of methoxy groups -OCH3 is 1. The van der Waals surface area contributed by atoms with E-state index in [-0.39, 0.29) is 5.78 Å². The van der Waals surface area contributed by atoms with Crippen LogP contribution in [0.4, 0.5) is 0 Å². The van der Waals surface area contributed by atoms with E-state index in [9.17, 15) is 9.59 Å². The third kappa shape index (κ3) is 3.31. The molecular formula is C13H16O4. The number of hydrogen-bond acceptors (Lipinski definition) is 4. The van der Waals surface area contributed by atoms with Crippen molar-refractivity contribution >= 4 is 11.8 Å². The fourth-order valence-electron chi connectivity index (χ4n) is 1.52. The minimum Gasteiger partial charge on any atom is -0.497 e. The zero-order valence-corrected chi connectivity index (χ0v) is 10.4. The molecular weight excluding hydrogens is 220 g/mol. The van der Waals surface area contributed by atoms with Crippen LogP contribution in [0.5, 0.6) is 5.75 Å². The van der Waals surface area contributed by atoms with Gasteiger partial charge in [0.15, 0.2) is 5.60 Å². The van der Waals surface area contributed by atoms with Crippen LogP contribution in [0, 0.1) is 0 Å². The topological polar surface area (TPSA) is 52.6 Å². The summed E-state index contributed by atoms with van der Waals surface area (Å²) in [6, 6.07) is 6.75. The molecule has 0 aromatic heterocycles. The SMILES string of the molecule is COc1cccc(C(=O)C(C)(C)OC(C)=O)c1. The normalized spacial score (nSPS) is 10.8. The van der Waals surface area contributed by atoms with E-state index in [1.165, 1.54) is 14.0 Å². The number of hydrogen-bond donors (Lipinski definition) is 0. The minimum absolute atomic E-state index is 0.258. The molecule has 4 nitrogen and oxygen atoms in total. The molecule has 0 aliphatic heterocycles. The van der Waals surface area contributed by atoms with E-state index >= 15 is 0 Å². The number of carbonyl (C=O) groups excluding carboxylic acids is 2. The van der Waals surface area contributed by atoms with Gasteiger partial charge in [-0.15, -0.1) is 0 Å². The van der Waals surface area contributed by atoms with Gasteiger partial charge in [-0.25, -0.2) is 0 Å². The van der Waals surface area contributed by atoms with Crippen LogP contribution in [0.3, 0.4) is 0 Å². The summed E-state index contributed by atoms with van der Waals surface area (Å²) in [6.45, 7) is 4.41. The number of rotatable bonds is 4. The van der Waals surface area contributed by atoms with Gasteiger partial charge in [-0.1, -0.05) is 12.1 Å². The fourth-order valence-corrected chi connectivity index (χ4v) is 1.52. The van der Waals surface area contributed by atoms with Crippen molar-refractivity contribution in [2.45, 2.75) is 26.4 Å². The lowest BCUT2D eigenvalue weighted by molar-refractivity contribution is -0.149. The molecule has 0 aliphatic carbocycles. The van der Waals surface area contributed by atoms with Gasteiger partial charge >= 0.3 is 5.97 Å². The minimum atomic E-state index is -1.17. The van der Waals surface area contributed by atoms with Crippen LogP contribution in [-0.2, 0) is 9.53 Å². The van der Waals surface area contributed by atoms with Gasteiger partial charge in [0.2, 0.25) is 5.78 Å². The van der Waals surface area contributed by atoms with Crippen molar-refractivity contribution in [2.75, 3.05) is 7.11 Å². The molecule has 0 saturated heterocycles. The molecule has 0 aliphatic rings. The Kier molecular flexibility index (Phi) is 3.89. The standard InChI is InChI=1S/C13H16O4/c1-9(14)17-13(2,3)12(15)10-6-5-7-11(8-10)16-4/h5-8H,1-4H3. The smallest absolute Gasteiger partial charge is 0.303 e. The van der Waals surface area contributed by atoms with Crippen molar-refractivity contribution in [1.82, 2.24) is 0 Å². The molecule has 0 N–H and O–H groups in total. The number of ketones is 1. The average Bonchev–Trinajstić information content (AvgIpc) is 2.26. The summed E-state index contributed by atoms with van der Waals surface area (Å²) in [5.41, 5.74) is -0.714. The third-order valence-corrected chi connectivity index (χ3v) is 2.28. The number of ether oxygens (including phenoxy) is 2. The first-order valence-electron chi connectivity index (χ1n) is 5.25. The van der Waals surface area contributed by atoms with Crippen LogP contribution in [0.25, 0.3) is 0 Å². The number of esters is 1. The Morgan fingerprint density at radius 1 is 1.24 bits per heavy atom. The van der Waals surface area contributed by atoms with Gasteiger partial charge in [0.05, 0.1) is 7.11 Å². The molecule has 0 unspecified atom stereocenters. The van der Waals surface area contributed by atoms with Crippen LogP contribution in [0.1, 0.15) is 31.1 Å². The summed E-state index contributed by atoms with van der Waals surface area (Å²) in [6.07, 6.45) is 0. The Balaban J connectivity index is 2.98. The van der Waals surface area contributed by atoms with Crippen molar-refractivity contribution in [1.29, 1.82) is 0 Å². The van der Waals surface area contributed by atoms with Crippen molar-refractivity contribution < 1.29 is 19.1 Å². The Labute approximate surface area is 101 Å². The molecule has 1 aromatic carbocycles. The lowest BCUT2D eigenvalue weighted by atomic mass is 9.96. The van der Waals surface area contributed by atoms with Crippen LogP contribution >= 0.6 is 0 Å². The van der Waals surface area contributed by atoms with Crippen molar-refractivity contribution in [3.63, 3.8) is 0 Å². The Morgan fingerprint density at radius 2 is 1.88 bits per heavy atom. The van der Waals surface area contributed by atoms with Crippen LogP contribution in [0.15, 0.2) is 24.3 Å². The maximum Gasteiger partial charge on any atom is 0.303 e. The first kappa shape index (κ1) is 13.2. The van der Waals surface area contributed by atoms with E-state index < -0.39 is 11.6 Å². The number of Topliss-reactive ketones (excluding diaryl/α,β-unsaturated/α-hetero) is 1. The Morgan fingerprint density at radius 3 is 2.41 bits per heavy atom. The fraction of sp³-hybridized carbons (Fsp3) is 0.385. The highest BCUT2D eigenvalue weighted by molar-refractivity contribution is 6.03. The summed E-state index contributed by atoms with van der Waals surface area (Å²) in [5, 5.41) is 0. The lowest BCUT2D eigenvalue weighted by Gasteiger charge is -2.22. The molecule has 92 valence electrons. The second kappa shape index (κ2) is 4.99. The van der Waals surface area contributed by atoms with Crippen molar-refractivity contribution in [3.05, 3.63) is 29.8 Å². The Bertz CT molecular complexity index is 435. The average molecular weight is 236 g/mol. The van der Waals surface area contributed by atoms with Gasteiger partial charge in [-0.05, 0) is 26.0 Å². The maximum absolute atomic E-state index is 12.1. The second-order valence-corrected chi connectivity index (χ2v) is 4.17. The van der Waals surface area contributed by atoms with E-state index in [4.69, 9.17) is 9.47 Å². The molecule has 0 radical (unpaired) electrons. The highest BCUT2D eigenvalue weighted by Crippen LogP contribution is 2.20. The van der Waals surface area contributed by atoms with Gasteiger partial charge < -0.3 is 9.47 Å². The molecule has 1 aromatic rings. The van der Waals surface area contributed by atoms with Gasteiger partial charge in [-0.3, -0.25) is 9.59 Å². The van der Waals surface area contributed by atoms with Crippen molar-refractivity contribution in [2.24, 2.45) is 0 Å². The summed E-state index contributed by atoms with van der Waals surface area (Å²) in [4.78, 5) is 23.1. The molecule has 17 heavy (non-hydrogen) atoms. The third-order valence-electron chi connectivity index (χ3n) is 2.28. The van der Waals surface area contributed by atoms with Gasteiger partial charge in [0.1, 0.15) is 5.75 Å². The summed E-state index contributed by atoms with van der Waals surface area (Å²) < 4.78 is 10.0. The van der Waals surface area contributed by atoms with Crippen molar-refractivity contribution in [3.8, 4) is 5.75 Å². The maximum atomic E-state index is 12.1. The number of benzene rings is 1. The largest absolute Gasteiger partial charge is 0.497 e.